The van der Waals surface area contributed by atoms with Gasteiger partial charge in [-0.25, -0.2) is 27.5 Å². The number of halogens is 4. The molecule has 0 aliphatic carbocycles. The fraction of sp³-hybridized carbons (Fsp3) is 0.381. The van der Waals surface area contributed by atoms with Crippen LogP contribution in [0.15, 0.2) is 35.5 Å². The van der Waals surface area contributed by atoms with E-state index in [1.807, 2.05) is 0 Å². The third-order valence-electron chi connectivity index (χ3n) is 5.09. The van der Waals surface area contributed by atoms with Crippen molar-refractivity contribution in [2.75, 3.05) is 25.5 Å². The number of aromatic nitrogens is 1. The van der Waals surface area contributed by atoms with Crippen LogP contribution in [0.25, 0.3) is 0 Å². The summed E-state index contributed by atoms with van der Waals surface area (Å²) in [6.07, 6.45) is 0.326. The number of ether oxygens (including phenoxy) is 2. The van der Waals surface area contributed by atoms with Crippen molar-refractivity contribution in [2.24, 2.45) is 10.7 Å². The maximum Gasteiger partial charge on any atom is 0.283 e. The van der Waals surface area contributed by atoms with Crippen LogP contribution < -0.4 is 15.8 Å². The fourth-order valence-electron chi connectivity index (χ4n) is 3.55. The number of hydrogen-bond donors (Lipinski definition) is 2. The van der Waals surface area contributed by atoms with Crippen molar-refractivity contribution in [3.8, 4) is 5.88 Å². The van der Waals surface area contributed by atoms with Crippen molar-refractivity contribution in [1.29, 1.82) is 0 Å². The molecule has 32 heavy (non-hydrogen) atoms. The summed E-state index contributed by atoms with van der Waals surface area (Å²) in [7, 11) is 0. The lowest BCUT2D eigenvalue weighted by molar-refractivity contribution is 0.0781. The molecule has 2 unspecified atom stereocenters. The van der Waals surface area contributed by atoms with Crippen LogP contribution in [0.1, 0.15) is 34.8 Å². The van der Waals surface area contributed by atoms with E-state index in [0.29, 0.717) is 12.0 Å². The second kappa shape index (κ2) is 9.84. The molecule has 1 amide bonds. The summed E-state index contributed by atoms with van der Waals surface area (Å²) in [4.78, 5) is 20.6. The van der Waals surface area contributed by atoms with Gasteiger partial charge in [-0.3, -0.25) is 4.79 Å². The van der Waals surface area contributed by atoms with Gasteiger partial charge < -0.3 is 20.5 Å². The zero-order valence-corrected chi connectivity index (χ0v) is 17.2. The van der Waals surface area contributed by atoms with E-state index < -0.39 is 49.6 Å². The topological polar surface area (TPSA) is 98.8 Å². The lowest BCUT2D eigenvalue weighted by Crippen LogP contribution is -2.43. The normalized spacial score (nSPS) is 20.3. The Morgan fingerprint density at radius 3 is 2.78 bits per heavy atom. The number of amidine groups is 1. The number of aliphatic imine (C=N–C) groups is 1. The van der Waals surface area contributed by atoms with Gasteiger partial charge in [0.05, 0.1) is 5.56 Å². The molecule has 0 fully saturated rings. The number of carbonyl (C=O) groups excluding carboxylic acids is 1. The van der Waals surface area contributed by atoms with Crippen molar-refractivity contribution in [3.05, 3.63) is 53.0 Å². The molecule has 1 aromatic heterocycles. The zero-order valence-electron chi connectivity index (χ0n) is 17.2. The molecule has 2 aromatic rings. The number of nitrogens with two attached hydrogens (primary N) is 1. The summed E-state index contributed by atoms with van der Waals surface area (Å²) in [6.45, 7) is -1.37. The number of rotatable bonds is 8. The molecule has 2 heterocycles. The highest BCUT2D eigenvalue weighted by Crippen LogP contribution is 2.38. The predicted octanol–water partition coefficient (Wildman–Crippen LogP) is 3.58. The SMILES string of the molecule is CCc1cc(OCF)ncc1C(=O)Nc1ccc(F)c(C2(CF)CC(CF)OC(N)=N2)c1. The number of pyridine rings is 1. The molecule has 3 N–H and O–H groups in total. The van der Waals surface area contributed by atoms with Crippen LogP contribution in [-0.2, 0) is 16.7 Å². The first-order valence-electron chi connectivity index (χ1n) is 9.78. The first-order valence-corrected chi connectivity index (χ1v) is 9.78. The van der Waals surface area contributed by atoms with E-state index in [1.165, 1.54) is 24.4 Å². The average Bonchev–Trinajstić information content (AvgIpc) is 2.79. The number of aryl methyl sites for hydroxylation is 1. The third-order valence-corrected chi connectivity index (χ3v) is 5.09. The van der Waals surface area contributed by atoms with E-state index in [1.54, 1.807) is 6.92 Å². The smallest absolute Gasteiger partial charge is 0.283 e. The van der Waals surface area contributed by atoms with Crippen molar-refractivity contribution in [3.63, 3.8) is 0 Å². The molecular weight excluding hydrogens is 432 g/mol. The van der Waals surface area contributed by atoms with Crippen LogP contribution in [0, 0.1) is 5.82 Å². The summed E-state index contributed by atoms with van der Waals surface area (Å²) in [5.41, 5.74) is 4.49. The van der Waals surface area contributed by atoms with Gasteiger partial charge in [-0.05, 0) is 30.2 Å². The molecule has 0 radical (unpaired) electrons. The standard InChI is InChI=1S/C21H22F4N4O3/c1-2-12-5-18(31-11-24)27-9-15(12)19(30)28-13-3-4-17(25)16(6-13)21(10-23)7-14(8-22)32-20(26)29-21/h3-6,9,14H,2,7-8,10-11H2,1H3,(H2,26,29)(H,28,30). The number of alkyl halides is 3. The maximum absolute atomic E-state index is 14.7. The molecule has 1 aromatic carbocycles. The molecule has 7 nitrogen and oxygen atoms in total. The lowest BCUT2D eigenvalue weighted by Gasteiger charge is -2.35. The van der Waals surface area contributed by atoms with Gasteiger partial charge in [-0.1, -0.05) is 6.92 Å². The summed E-state index contributed by atoms with van der Waals surface area (Å²) < 4.78 is 64.0. The average molecular weight is 454 g/mol. The lowest BCUT2D eigenvalue weighted by atomic mass is 9.85. The second-order valence-electron chi connectivity index (χ2n) is 7.15. The van der Waals surface area contributed by atoms with Gasteiger partial charge in [0.25, 0.3) is 11.9 Å². The largest absolute Gasteiger partial charge is 0.459 e. The van der Waals surface area contributed by atoms with Crippen molar-refractivity contribution >= 4 is 17.6 Å². The Morgan fingerprint density at radius 1 is 1.34 bits per heavy atom. The minimum absolute atomic E-state index is 0.0345. The van der Waals surface area contributed by atoms with Crippen molar-refractivity contribution in [1.82, 2.24) is 4.98 Å². The van der Waals surface area contributed by atoms with Crippen LogP contribution >= 0.6 is 0 Å². The highest BCUT2D eigenvalue weighted by Gasteiger charge is 2.42. The first kappa shape index (κ1) is 23.3. The number of anilines is 1. The third kappa shape index (κ3) is 4.76. The Bertz CT molecular complexity index is 1020. The fourth-order valence-corrected chi connectivity index (χ4v) is 3.55. The molecule has 0 bridgehead atoms. The summed E-state index contributed by atoms with van der Waals surface area (Å²) >= 11 is 0. The molecule has 3 rings (SSSR count). The van der Waals surface area contributed by atoms with Crippen LogP contribution in [0.3, 0.4) is 0 Å². The van der Waals surface area contributed by atoms with Crippen molar-refractivity contribution in [2.45, 2.75) is 31.4 Å². The number of hydrogen-bond acceptors (Lipinski definition) is 6. The van der Waals surface area contributed by atoms with E-state index >= 15 is 0 Å². The Kier molecular flexibility index (Phi) is 7.16. The van der Waals surface area contributed by atoms with Gasteiger partial charge in [0.15, 0.2) is 0 Å². The van der Waals surface area contributed by atoms with Crippen LogP contribution in [0.4, 0.5) is 23.2 Å². The van der Waals surface area contributed by atoms with E-state index in [9.17, 15) is 22.4 Å². The zero-order chi connectivity index (χ0) is 23.3. The number of amides is 1. The second-order valence-corrected chi connectivity index (χ2v) is 7.15. The van der Waals surface area contributed by atoms with Gasteiger partial charge >= 0.3 is 0 Å². The summed E-state index contributed by atoms with van der Waals surface area (Å²) in [5, 5.41) is 2.60. The maximum atomic E-state index is 14.7. The summed E-state index contributed by atoms with van der Waals surface area (Å²) in [6, 6.07) is 4.56. The minimum atomic E-state index is -1.79. The van der Waals surface area contributed by atoms with Crippen LogP contribution in [-0.4, -0.2) is 43.2 Å². The molecule has 0 saturated heterocycles. The van der Waals surface area contributed by atoms with Crippen molar-refractivity contribution < 1.29 is 31.8 Å². The van der Waals surface area contributed by atoms with Gasteiger partial charge in [0.2, 0.25) is 12.7 Å². The van der Waals surface area contributed by atoms with Gasteiger partial charge in [-0.2, -0.15) is 0 Å². The number of benzene rings is 1. The molecule has 1 aliphatic rings. The first-order chi connectivity index (χ1) is 15.4. The Hall–Kier alpha value is -3.37. The van der Waals surface area contributed by atoms with Gasteiger partial charge in [0, 0.05) is 29.9 Å². The van der Waals surface area contributed by atoms with Gasteiger partial charge in [0.1, 0.15) is 30.8 Å². The Morgan fingerprint density at radius 2 is 2.12 bits per heavy atom. The minimum Gasteiger partial charge on any atom is -0.459 e. The predicted molar refractivity (Wildman–Crippen MR) is 109 cm³/mol. The number of nitrogens with zero attached hydrogens (tertiary/aromatic N) is 2. The molecule has 11 heteroatoms. The van der Waals surface area contributed by atoms with E-state index in [2.05, 4.69) is 15.3 Å². The van der Waals surface area contributed by atoms with E-state index in [0.717, 1.165) is 6.07 Å². The number of carbonyl (C=O) groups is 1. The quantitative estimate of drug-likeness (QED) is 0.594. The number of nitrogens with one attached hydrogen (secondary N) is 1. The monoisotopic (exact) mass is 454 g/mol. The molecule has 0 spiro atoms. The summed E-state index contributed by atoms with van der Waals surface area (Å²) in [5.74, 6) is -1.32. The Labute approximate surface area is 181 Å². The highest BCUT2D eigenvalue weighted by atomic mass is 19.1. The van der Waals surface area contributed by atoms with Gasteiger partial charge in [-0.15, -0.1) is 0 Å². The van der Waals surface area contributed by atoms with Crippen LogP contribution in [0.2, 0.25) is 0 Å². The van der Waals surface area contributed by atoms with Crippen LogP contribution in [0.5, 0.6) is 5.88 Å². The molecule has 0 saturated carbocycles. The molecule has 172 valence electrons. The Balaban J connectivity index is 1.92. The molecule has 1 aliphatic heterocycles. The molecular formula is C21H22F4N4O3. The van der Waals surface area contributed by atoms with E-state index in [4.69, 9.17) is 15.2 Å². The highest BCUT2D eigenvalue weighted by molar-refractivity contribution is 6.05. The molecule has 2 atom stereocenters. The van der Waals surface area contributed by atoms with E-state index in [-0.39, 0.29) is 29.1 Å².